The Balaban J connectivity index is 1.55. The van der Waals surface area contributed by atoms with Crippen LogP contribution < -0.4 is 10.6 Å². The zero-order valence-electron chi connectivity index (χ0n) is 20.1. The number of ether oxygens (including phenoxy) is 1. The minimum atomic E-state index is -1.03. The lowest BCUT2D eigenvalue weighted by molar-refractivity contribution is 0.00446. The maximum atomic E-state index is 10.6. The van der Waals surface area contributed by atoms with Crippen LogP contribution in [0.1, 0.15) is 37.1 Å². The summed E-state index contributed by atoms with van der Waals surface area (Å²) in [6.07, 6.45) is 3.30. The number of fused-ring (bicyclic) bond motifs is 1. The van der Waals surface area contributed by atoms with Gasteiger partial charge in [-0.3, -0.25) is 4.98 Å². The van der Waals surface area contributed by atoms with Crippen LogP contribution in [0.5, 0.6) is 0 Å². The molecule has 0 saturated heterocycles. The topological polar surface area (TPSA) is 146 Å². The second kappa shape index (κ2) is 9.90. The number of aryl methyl sites for hydroxylation is 2. The van der Waals surface area contributed by atoms with E-state index in [1.807, 2.05) is 19.9 Å². The van der Waals surface area contributed by atoms with Crippen molar-refractivity contribution in [2.75, 3.05) is 24.4 Å². The van der Waals surface area contributed by atoms with Crippen LogP contribution >= 0.6 is 11.3 Å². The number of anilines is 2. The monoisotopic (exact) mass is 500 g/mol. The summed E-state index contributed by atoms with van der Waals surface area (Å²) >= 11 is 1.54. The molecular weight excluding hydrogens is 468 g/mol. The second-order valence-electron chi connectivity index (χ2n) is 9.48. The summed E-state index contributed by atoms with van der Waals surface area (Å²) in [7, 11) is 1.72. The number of methoxy groups -OCH3 is 1. The van der Waals surface area contributed by atoms with Crippen molar-refractivity contribution < 1.29 is 20.1 Å². The number of nitrogens with zero attached hydrogens (tertiary/aromatic N) is 4. The molecular formula is C24H32N6O4S. The quantitative estimate of drug-likeness (QED) is 0.327. The van der Waals surface area contributed by atoms with Gasteiger partial charge in [0.1, 0.15) is 22.4 Å². The van der Waals surface area contributed by atoms with E-state index in [0.29, 0.717) is 18.2 Å². The average Bonchev–Trinajstić information content (AvgIpc) is 3.53. The number of aliphatic hydroxyl groups is 3. The van der Waals surface area contributed by atoms with Crippen LogP contribution in [0.4, 0.5) is 11.8 Å². The first-order valence-corrected chi connectivity index (χ1v) is 12.8. The molecule has 0 bridgehead atoms. The molecule has 35 heavy (non-hydrogen) atoms. The molecule has 11 heteroatoms. The van der Waals surface area contributed by atoms with Gasteiger partial charge in [-0.25, -0.2) is 9.97 Å². The number of rotatable bonds is 7. The highest BCUT2D eigenvalue weighted by molar-refractivity contribution is 7.21. The fraction of sp³-hybridized carbons (Fsp3) is 0.583. The highest BCUT2D eigenvalue weighted by Gasteiger charge is 2.41. The molecule has 0 spiro atoms. The largest absolute Gasteiger partial charge is 0.396 e. The van der Waals surface area contributed by atoms with Crippen molar-refractivity contribution in [3.63, 3.8) is 0 Å². The number of aromatic nitrogens is 4. The van der Waals surface area contributed by atoms with Crippen molar-refractivity contribution in [1.82, 2.24) is 19.9 Å². The fourth-order valence-corrected chi connectivity index (χ4v) is 6.36. The van der Waals surface area contributed by atoms with Gasteiger partial charge in [0.05, 0.1) is 45.9 Å². The predicted octanol–water partition coefficient (Wildman–Crippen LogP) is 2.26. The Labute approximate surface area is 207 Å². The molecule has 0 amide bonds. The smallest absolute Gasteiger partial charge is 0.225 e. The Morgan fingerprint density at radius 1 is 1.06 bits per heavy atom. The third kappa shape index (κ3) is 4.58. The van der Waals surface area contributed by atoms with E-state index >= 15 is 0 Å². The van der Waals surface area contributed by atoms with Crippen molar-refractivity contribution in [3.8, 4) is 10.6 Å². The van der Waals surface area contributed by atoms with Gasteiger partial charge in [0.2, 0.25) is 5.95 Å². The third-order valence-electron chi connectivity index (χ3n) is 7.22. The molecule has 188 valence electrons. The first-order valence-electron chi connectivity index (χ1n) is 12.0. The Morgan fingerprint density at radius 3 is 2.60 bits per heavy atom. The van der Waals surface area contributed by atoms with Crippen LogP contribution in [-0.2, 0) is 4.74 Å². The zero-order chi connectivity index (χ0) is 24.7. The van der Waals surface area contributed by atoms with Crippen LogP contribution in [0.3, 0.4) is 0 Å². The minimum absolute atomic E-state index is 0.104. The number of hydrogen-bond acceptors (Lipinski definition) is 11. The van der Waals surface area contributed by atoms with Gasteiger partial charge < -0.3 is 30.7 Å². The molecule has 3 aromatic heterocycles. The molecule has 0 unspecified atom stereocenters. The summed E-state index contributed by atoms with van der Waals surface area (Å²) in [5.41, 5.74) is 3.18. The van der Waals surface area contributed by atoms with Gasteiger partial charge in [-0.05, 0) is 45.6 Å². The maximum Gasteiger partial charge on any atom is 0.225 e. The van der Waals surface area contributed by atoms with Gasteiger partial charge in [0, 0.05) is 25.8 Å². The van der Waals surface area contributed by atoms with E-state index in [4.69, 9.17) is 19.7 Å². The number of pyridine rings is 1. The maximum absolute atomic E-state index is 10.6. The molecule has 10 nitrogen and oxygen atoms in total. The van der Waals surface area contributed by atoms with Crippen LogP contribution in [0, 0.1) is 19.8 Å². The zero-order valence-corrected chi connectivity index (χ0v) is 20.9. The van der Waals surface area contributed by atoms with Gasteiger partial charge in [-0.15, -0.1) is 11.3 Å². The normalized spacial score (nSPS) is 28.6. The lowest BCUT2D eigenvalue weighted by Crippen LogP contribution is -2.36. The minimum Gasteiger partial charge on any atom is -0.396 e. The van der Waals surface area contributed by atoms with E-state index < -0.39 is 24.2 Å². The highest BCUT2D eigenvalue weighted by atomic mass is 32.1. The van der Waals surface area contributed by atoms with E-state index in [9.17, 15) is 15.3 Å². The number of nitrogens with one attached hydrogen (secondary N) is 2. The molecule has 0 aromatic carbocycles. The van der Waals surface area contributed by atoms with E-state index in [0.717, 1.165) is 51.4 Å². The molecule has 2 aliphatic rings. The molecule has 2 aliphatic carbocycles. The Hall–Kier alpha value is -2.44. The van der Waals surface area contributed by atoms with Gasteiger partial charge in [-0.2, -0.15) is 4.98 Å². The Bertz CT molecular complexity index is 1210. The SMILES string of the molecule is CO[C@@H]1CCC[C@@H]1Nc1nc(C)c(-c2nc3c(C)nccc3s2)c(N[C@@H]2C[C@H](CO)[C@@H](O)[C@H]2O)n1. The summed E-state index contributed by atoms with van der Waals surface area (Å²) < 4.78 is 6.64. The molecule has 5 rings (SSSR count). The van der Waals surface area contributed by atoms with Crippen LogP contribution in [-0.4, -0.2) is 79.4 Å². The van der Waals surface area contributed by atoms with Crippen LogP contribution in [0.2, 0.25) is 0 Å². The molecule has 3 aromatic rings. The molecule has 0 radical (unpaired) electrons. The van der Waals surface area contributed by atoms with Crippen LogP contribution in [0.25, 0.3) is 20.8 Å². The second-order valence-corrected chi connectivity index (χ2v) is 10.5. The summed E-state index contributed by atoms with van der Waals surface area (Å²) in [5, 5.41) is 38.1. The van der Waals surface area contributed by atoms with Gasteiger partial charge in [0.25, 0.3) is 0 Å². The third-order valence-corrected chi connectivity index (χ3v) is 8.26. The van der Waals surface area contributed by atoms with E-state index in [1.165, 1.54) is 11.3 Å². The Kier molecular flexibility index (Phi) is 6.86. The van der Waals surface area contributed by atoms with Crippen molar-refractivity contribution in [2.45, 2.75) is 69.9 Å². The van der Waals surface area contributed by atoms with Gasteiger partial charge >= 0.3 is 0 Å². The number of aliphatic hydroxyl groups excluding tert-OH is 3. The van der Waals surface area contributed by atoms with E-state index in [2.05, 4.69) is 15.6 Å². The van der Waals surface area contributed by atoms with Crippen LogP contribution in [0.15, 0.2) is 12.3 Å². The Morgan fingerprint density at radius 2 is 1.89 bits per heavy atom. The van der Waals surface area contributed by atoms with Crippen molar-refractivity contribution in [3.05, 3.63) is 23.7 Å². The number of hydrogen-bond donors (Lipinski definition) is 5. The number of thiazole rings is 1. The standard InChI is InChI=1S/C24H32N6O4S/c1-11-18(23-29-19-12(2)25-8-7-17(19)35-23)22(27-15-9-13(10-31)20(32)21(15)33)30-24(26-11)28-14-5-4-6-16(14)34-3/h7-8,13-16,20-21,31-33H,4-6,9-10H2,1-3H3,(H2,26,27,28,30)/t13-,14+,15-,16-,20-,21+/m1/s1. The highest BCUT2D eigenvalue weighted by Crippen LogP contribution is 2.38. The summed E-state index contributed by atoms with van der Waals surface area (Å²) in [5.74, 6) is 0.614. The van der Waals surface area contributed by atoms with E-state index in [1.54, 1.807) is 13.3 Å². The first-order chi connectivity index (χ1) is 16.9. The molecule has 2 saturated carbocycles. The molecule has 5 N–H and O–H groups in total. The molecule has 6 atom stereocenters. The summed E-state index contributed by atoms with van der Waals surface area (Å²) in [6.45, 7) is 3.66. The van der Waals surface area contributed by atoms with Crippen molar-refractivity contribution in [2.24, 2.45) is 5.92 Å². The molecule has 3 heterocycles. The molecule has 0 aliphatic heterocycles. The van der Waals surface area contributed by atoms with Crippen molar-refractivity contribution in [1.29, 1.82) is 0 Å². The summed E-state index contributed by atoms with van der Waals surface area (Å²) in [4.78, 5) is 18.8. The summed E-state index contributed by atoms with van der Waals surface area (Å²) in [6, 6.07) is 1.59. The van der Waals surface area contributed by atoms with Crippen molar-refractivity contribution >= 4 is 33.3 Å². The molecule has 2 fully saturated rings. The first kappa shape index (κ1) is 24.3. The van der Waals surface area contributed by atoms with E-state index in [-0.39, 0.29) is 18.8 Å². The van der Waals surface area contributed by atoms with Gasteiger partial charge in [-0.1, -0.05) is 0 Å². The average molecular weight is 501 g/mol. The predicted molar refractivity (Wildman–Crippen MR) is 135 cm³/mol. The lowest BCUT2D eigenvalue weighted by Gasteiger charge is -2.23. The van der Waals surface area contributed by atoms with Gasteiger partial charge in [0.15, 0.2) is 0 Å². The lowest BCUT2D eigenvalue weighted by atomic mass is 10.1. The fourth-order valence-electron chi connectivity index (χ4n) is 5.25.